The second kappa shape index (κ2) is 7.54. The molecule has 146 valence electrons. The van der Waals surface area contributed by atoms with Gasteiger partial charge in [0.25, 0.3) is 0 Å². The Hall–Kier alpha value is -2.64. The van der Waals surface area contributed by atoms with E-state index in [1.165, 1.54) is 11.1 Å². The van der Waals surface area contributed by atoms with E-state index in [1.807, 2.05) is 20.8 Å². The number of nitrogens with one attached hydrogen (secondary N) is 1. The van der Waals surface area contributed by atoms with Gasteiger partial charge in [0.2, 0.25) is 5.91 Å². The predicted octanol–water partition coefficient (Wildman–Crippen LogP) is 1.20. The van der Waals surface area contributed by atoms with Crippen LogP contribution >= 0.6 is 0 Å². The van der Waals surface area contributed by atoms with Gasteiger partial charge < -0.3 is 20.9 Å². The molecule has 1 aliphatic heterocycles. The van der Waals surface area contributed by atoms with Crippen LogP contribution in [0.1, 0.15) is 45.1 Å². The molecule has 1 aromatic rings. The summed E-state index contributed by atoms with van der Waals surface area (Å²) in [6, 6.07) is 1.68. The van der Waals surface area contributed by atoms with Crippen molar-refractivity contribution < 1.29 is 14.4 Å². The first-order chi connectivity index (χ1) is 12.8. The zero-order chi connectivity index (χ0) is 19.7. The summed E-state index contributed by atoms with van der Waals surface area (Å²) in [5, 5.41) is 2.63. The fourth-order valence-electron chi connectivity index (χ4n) is 3.41. The molecular formula is C19H27N5O3. The van der Waals surface area contributed by atoms with E-state index >= 15 is 0 Å². The SMILES string of the molecule is CC(C)C(=O)N1CCN(C(=O)C(=O)Nc2cnc(N)c(C3CC3)c2)CC1C. The number of amides is 3. The molecule has 0 radical (unpaired) electrons. The second-order valence-electron chi connectivity index (χ2n) is 7.71. The Labute approximate surface area is 159 Å². The lowest BCUT2D eigenvalue weighted by Gasteiger charge is -2.40. The number of pyridine rings is 1. The van der Waals surface area contributed by atoms with Crippen molar-refractivity contribution in [3.05, 3.63) is 17.8 Å². The Kier molecular flexibility index (Phi) is 5.34. The first-order valence-electron chi connectivity index (χ1n) is 9.44. The van der Waals surface area contributed by atoms with Gasteiger partial charge in [-0.05, 0) is 37.3 Å². The van der Waals surface area contributed by atoms with Crippen LogP contribution in [0, 0.1) is 5.92 Å². The van der Waals surface area contributed by atoms with Crippen molar-refractivity contribution in [1.82, 2.24) is 14.8 Å². The molecule has 2 fully saturated rings. The highest BCUT2D eigenvalue weighted by atomic mass is 16.2. The van der Waals surface area contributed by atoms with Gasteiger partial charge in [0.15, 0.2) is 0 Å². The number of carbonyl (C=O) groups excluding carboxylic acids is 3. The number of nitrogens with two attached hydrogens (primary N) is 1. The smallest absolute Gasteiger partial charge is 0.313 e. The first-order valence-corrected chi connectivity index (χ1v) is 9.44. The number of anilines is 2. The van der Waals surface area contributed by atoms with Crippen LogP contribution in [0.5, 0.6) is 0 Å². The Bertz CT molecular complexity index is 760. The normalized spacial score (nSPS) is 19.9. The molecule has 0 aromatic carbocycles. The zero-order valence-corrected chi connectivity index (χ0v) is 16.1. The number of carbonyl (C=O) groups is 3. The quantitative estimate of drug-likeness (QED) is 0.774. The van der Waals surface area contributed by atoms with Crippen LogP contribution in [0.3, 0.4) is 0 Å². The van der Waals surface area contributed by atoms with Gasteiger partial charge in [-0.3, -0.25) is 14.4 Å². The molecule has 8 heteroatoms. The molecule has 0 spiro atoms. The van der Waals surface area contributed by atoms with Gasteiger partial charge in [0, 0.05) is 31.6 Å². The van der Waals surface area contributed by atoms with Gasteiger partial charge in [0.05, 0.1) is 11.9 Å². The first kappa shape index (κ1) is 19.1. The number of nitrogen functional groups attached to an aromatic ring is 1. The van der Waals surface area contributed by atoms with Crippen LogP contribution in [-0.2, 0) is 14.4 Å². The molecule has 1 atom stereocenters. The van der Waals surface area contributed by atoms with E-state index < -0.39 is 11.8 Å². The zero-order valence-electron chi connectivity index (χ0n) is 16.1. The average Bonchev–Trinajstić information content (AvgIpc) is 3.46. The highest BCUT2D eigenvalue weighted by molar-refractivity contribution is 6.39. The van der Waals surface area contributed by atoms with Gasteiger partial charge >= 0.3 is 11.8 Å². The highest BCUT2D eigenvalue weighted by Crippen LogP contribution is 2.42. The van der Waals surface area contributed by atoms with E-state index in [2.05, 4.69) is 10.3 Å². The van der Waals surface area contributed by atoms with E-state index in [0.29, 0.717) is 37.1 Å². The molecule has 3 N–H and O–H groups in total. The van der Waals surface area contributed by atoms with E-state index in [-0.39, 0.29) is 17.9 Å². The average molecular weight is 373 g/mol. The third-order valence-corrected chi connectivity index (χ3v) is 5.11. The summed E-state index contributed by atoms with van der Waals surface area (Å²) in [4.78, 5) is 44.5. The Balaban J connectivity index is 1.60. The molecule has 2 heterocycles. The molecule has 1 aliphatic carbocycles. The monoisotopic (exact) mass is 373 g/mol. The maximum absolute atomic E-state index is 12.5. The summed E-state index contributed by atoms with van der Waals surface area (Å²) >= 11 is 0. The molecule has 3 amide bonds. The summed E-state index contributed by atoms with van der Waals surface area (Å²) < 4.78 is 0. The minimum Gasteiger partial charge on any atom is -0.383 e. The lowest BCUT2D eigenvalue weighted by atomic mass is 10.1. The molecule has 1 unspecified atom stereocenters. The highest BCUT2D eigenvalue weighted by Gasteiger charge is 2.33. The minimum absolute atomic E-state index is 0.0691. The van der Waals surface area contributed by atoms with Crippen molar-refractivity contribution >= 4 is 29.2 Å². The number of hydrogen-bond donors (Lipinski definition) is 2. The molecule has 2 aliphatic rings. The molecule has 3 rings (SSSR count). The van der Waals surface area contributed by atoms with E-state index in [0.717, 1.165) is 18.4 Å². The second-order valence-corrected chi connectivity index (χ2v) is 7.71. The molecule has 8 nitrogen and oxygen atoms in total. The predicted molar refractivity (Wildman–Crippen MR) is 102 cm³/mol. The summed E-state index contributed by atoms with van der Waals surface area (Å²) in [5.74, 6) is -0.433. The van der Waals surface area contributed by atoms with E-state index in [1.54, 1.807) is 11.0 Å². The van der Waals surface area contributed by atoms with Crippen molar-refractivity contribution in [3.63, 3.8) is 0 Å². The number of rotatable bonds is 3. The van der Waals surface area contributed by atoms with Crippen molar-refractivity contribution in [2.24, 2.45) is 5.92 Å². The van der Waals surface area contributed by atoms with Crippen molar-refractivity contribution in [1.29, 1.82) is 0 Å². The van der Waals surface area contributed by atoms with Crippen LogP contribution in [0.2, 0.25) is 0 Å². The van der Waals surface area contributed by atoms with Crippen molar-refractivity contribution in [2.75, 3.05) is 30.7 Å². The fraction of sp³-hybridized carbons (Fsp3) is 0.579. The third kappa shape index (κ3) is 4.20. The lowest BCUT2D eigenvalue weighted by Crippen LogP contribution is -2.57. The number of piperazine rings is 1. The number of hydrogen-bond acceptors (Lipinski definition) is 5. The van der Waals surface area contributed by atoms with Gasteiger partial charge in [0.1, 0.15) is 5.82 Å². The van der Waals surface area contributed by atoms with Gasteiger partial charge in [-0.2, -0.15) is 0 Å². The Morgan fingerprint density at radius 3 is 2.56 bits per heavy atom. The standard InChI is InChI=1S/C19H27N5O3/c1-11(2)18(26)24-7-6-23(10-12(24)3)19(27)17(25)22-14-8-15(13-4-5-13)16(20)21-9-14/h8-9,11-13H,4-7,10H2,1-3H3,(H2,20,21)(H,22,25). The third-order valence-electron chi connectivity index (χ3n) is 5.11. The van der Waals surface area contributed by atoms with Crippen LogP contribution in [0.4, 0.5) is 11.5 Å². The summed E-state index contributed by atoms with van der Waals surface area (Å²) in [6.45, 7) is 6.74. The molecule has 0 bridgehead atoms. The Morgan fingerprint density at radius 1 is 1.26 bits per heavy atom. The molecule has 1 saturated carbocycles. The van der Waals surface area contributed by atoms with E-state index in [9.17, 15) is 14.4 Å². The fourth-order valence-corrected chi connectivity index (χ4v) is 3.41. The number of nitrogens with zero attached hydrogens (tertiary/aromatic N) is 3. The minimum atomic E-state index is -0.695. The van der Waals surface area contributed by atoms with Gasteiger partial charge in [-0.25, -0.2) is 4.98 Å². The molecule has 1 aromatic heterocycles. The summed E-state index contributed by atoms with van der Waals surface area (Å²) in [5.41, 5.74) is 7.28. The lowest BCUT2D eigenvalue weighted by molar-refractivity contribution is -0.148. The van der Waals surface area contributed by atoms with Crippen LogP contribution in [0.15, 0.2) is 12.3 Å². The van der Waals surface area contributed by atoms with Gasteiger partial charge in [-0.15, -0.1) is 0 Å². The van der Waals surface area contributed by atoms with Crippen LogP contribution < -0.4 is 11.1 Å². The van der Waals surface area contributed by atoms with Crippen molar-refractivity contribution in [3.8, 4) is 0 Å². The van der Waals surface area contributed by atoms with Crippen molar-refractivity contribution in [2.45, 2.75) is 45.6 Å². The number of aromatic nitrogens is 1. The largest absolute Gasteiger partial charge is 0.383 e. The molecular weight excluding hydrogens is 346 g/mol. The van der Waals surface area contributed by atoms with Gasteiger partial charge in [-0.1, -0.05) is 13.8 Å². The van der Waals surface area contributed by atoms with Crippen LogP contribution in [0.25, 0.3) is 0 Å². The summed E-state index contributed by atoms with van der Waals surface area (Å²) in [6.07, 6.45) is 3.60. The van der Waals surface area contributed by atoms with E-state index in [4.69, 9.17) is 5.73 Å². The maximum atomic E-state index is 12.5. The molecule has 27 heavy (non-hydrogen) atoms. The Morgan fingerprint density at radius 2 is 1.96 bits per heavy atom. The molecule has 1 saturated heterocycles. The van der Waals surface area contributed by atoms with Crippen LogP contribution in [-0.4, -0.2) is 58.2 Å². The summed E-state index contributed by atoms with van der Waals surface area (Å²) in [7, 11) is 0. The topological polar surface area (TPSA) is 109 Å². The maximum Gasteiger partial charge on any atom is 0.313 e.